The molecule has 1 amide bonds. The van der Waals surface area contributed by atoms with E-state index in [1.165, 1.54) is 4.90 Å². The van der Waals surface area contributed by atoms with Crippen LogP contribution in [0, 0.1) is 6.92 Å². The Labute approximate surface area is 214 Å². The third-order valence-corrected chi connectivity index (χ3v) is 6.68. The molecule has 2 heterocycles. The molecule has 2 aliphatic rings. The first-order valence-electron chi connectivity index (χ1n) is 12.2. The highest BCUT2D eigenvalue weighted by Crippen LogP contribution is 2.41. The molecule has 0 aliphatic carbocycles. The Morgan fingerprint density at radius 2 is 1.81 bits per heavy atom. The maximum atomic E-state index is 13.3. The molecule has 37 heavy (non-hydrogen) atoms. The largest absolute Gasteiger partial charge is 0.507 e. The fraction of sp³-hybridized carbons (Fsp3) is 0.233. The summed E-state index contributed by atoms with van der Waals surface area (Å²) in [6.45, 7) is 4.65. The molecule has 188 valence electrons. The summed E-state index contributed by atoms with van der Waals surface area (Å²) in [5.74, 6) is -1.29. The van der Waals surface area contributed by atoms with Gasteiger partial charge in [0, 0.05) is 18.5 Å². The first-order chi connectivity index (χ1) is 17.9. The van der Waals surface area contributed by atoms with E-state index in [4.69, 9.17) is 9.47 Å². The Morgan fingerprint density at radius 3 is 2.54 bits per heavy atom. The van der Waals surface area contributed by atoms with Crippen molar-refractivity contribution < 1.29 is 29.0 Å². The zero-order valence-corrected chi connectivity index (χ0v) is 20.7. The van der Waals surface area contributed by atoms with Crippen LogP contribution in [0.2, 0.25) is 0 Å². The van der Waals surface area contributed by atoms with E-state index < -0.39 is 23.7 Å². The third kappa shape index (κ3) is 4.60. The van der Waals surface area contributed by atoms with Gasteiger partial charge in [-0.25, -0.2) is 4.79 Å². The van der Waals surface area contributed by atoms with Crippen molar-refractivity contribution in [1.29, 1.82) is 0 Å². The van der Waals surface area contributed by atoms with Gasteiger partial charge in [0.1, 0.15) is 11.5 Å². The molecule has 1 atom stereocenters. The van der Waals surface area contributed by atoms with Crippen molar-refractivity contribution in [1.82, 2.24) is 4.90 Å². The number of carbonyl (C=O) groups is 3. The third-order valence-electron chi connectivity index (χ3n) is 6.68. The number of likely N-dealkylation sites (tertiary alicyclic amines) is 1. The van der Waals surface area contributed by atoms with Gasteiger partial charge in [-0.05, 0) is 60.9 Å². The number of hydrogen-bond acceptors (Lipinski definition) is 6. The number of ether oxygens (including phenoxy) is 2. The molecule has 3 aromatic rings. The van der Waals surface area contributed by atoms with Gasteiger partial charge in [-0.1, -0.05) is 42.0 Å². The van der Waals surface area contributed by atoms with Gasteiger partial charge in [-0.2, -0.15) is 0 Å². The highest BCUT2D eigenvalue weighted by Gasteiger charge is 2.46. The number of carbonyl (C=O) groups excluding carboxylic acids is 3. The molecule has 0 bridgehead atoms. The quantitative estimate of drug-likeness (QED) is 0.229. The van der Waals surface area contributed by atoms with Crippen molar-refractivity contribution in [2.24, 2.45) is 0 Å². The summed E-state index contributed by atoms with van der Waals surface area (Å²) < 4.78 is 10.6. The van der Waals surface area contributed by atoms with E-state index in [0.717, 1.165) is 28.0 Å². The van der Waals surface area contributed by atoms with Gasteiger partial charge in [-0.15, -0.1) is 0 Å². The molecule has 1 saturated heterocycles. The standard InChI is InChI=1S/C30H27NO6/c1-3-36-30(35)20-9-7-19(8-10-20)17-31-26(22-6-4-5-18(2)15-22)25(28(33)29(31)34)27(32)23-11-12-24-21(16-23)13-14-37-24/h4-12,15-16,26,32H,3,13-14,17H2,1-2H3/b27-25-. The summed E-state index contributed by atoms with van der Waals surface area (Å²) in [5, 5.41) is 11.4. The molecule has 1 unspecified atom stereocenters. The Balaban J connectivity index is 1.55. The maximum Gasteiger partial charge on any atom is 0.338 e. The van der Waals surface area contributed by atoms with E-state index in [-0.39, 0.29) is 24.5 Å². The van der Waals surface area contributed by atoms with E-state index in [1.54, 1.807) is 43.3 Å². The van der Waals surface area contributed by atoms with Crippen LogP contribution >= 0.6 is 0 Å². The summed E-state index contributed by atoms with van der Waals surface area (Å²) in [6, 6.07) is 18.8. The normalized spacial score (nSPS) is 18.0. The molecule has 0 spiro atoms. The topological polar surface area (TPSA) is 93.1 Å². The van der Waals surface area contributed by atoms with E-state index in [9.17, 15) is 19.5 Å². The summed E-state index contributed by atoms with van der Waals surface area (Å²) in [4.78, 5) is 40.1. The van der Waals surface area contributed by atoms with Crippen LogP contribution in [0.5, 0.6) is 5.75 Å². The molecule has 2 aliphatic heterocycles. The lowest BCUT2D eigenvalue weighted by Crippen LogP contribution is -2.29. The van der Waals surface area contributed by atoms with E-state index in [2.05, 4.69) is 0 Å². The number of nitrogens with zero attached hydrogens (tertiary/aromatic N) is 1. The van der Waals surface area contributed by atoms with E-state index in [0.29, 0.717) is 24.2 Å². The fourth-order valence-electron chi connectivity index (χ4n) is 4.88. The van der Waals surface area contributed by atoms with Crippen LogP contribution in [0.25, 0.3) is 5.76 Å². The van der Waals surface area contributed by atoms with Crippen molar-refractivity contribution in [3.63, 3.8) is 0 Å². The van der Waals surface area contributed by atoms with Crippen molar-refractivity contribution in [2.75, 3.05) is 13.2 Å². The Hall–Kier alpha value is -4.39. The molecule has 0 saturated carbocycles. The first kappa shape index (κ1) is 24.3. The van der Waals surface area contributed by atoms with Crippen molar-refractivity contribution in [3.05, 3.63) is 106 Å². The number of esters is 1. The highest BCUT2D eigenvalue weighted by molar-refractivity contribution is 6.46. The average molecular weight is 498 g/mol. The van der Waals surface area contributed by atoms with Gasteiger partial charge in [0.15, 0.2) is 0 Å². The second kappa shape index (κ2) is 9.93. The second-order valence-corrected chi connectivity index (χ2v) is 9.18. The lowest BCUT2D eigenvalue weighted by molar-refractivity contribution is -0.140. The minimum Gasteiger partial charge on any atom is -0.507 e. The number of hydrogen-bond donors (Lipinski definition) is 1. The number of aryl methyl sites for hydroxylation is 1. The molecule has 7 nitrogen and oxygen atoms in total. The van der Waals surface area contributed by atoms with Crippen LogP contribution in [-0.2, 0) is 27.3 Å². The minimum atomic E-state index is -0.769. The zero-order chi connectivity index (χ0) is 26.1. The van der Waals surface area contributed by atoms with Crippen molar-refractivity contribution in [3.8, 4) is 5.75 Å². The number of rotatable bonds is 6. The molecule has 3 aromatic carbocycles. The molecular weight excluding hydrogens is 470 g/mol. The van der Waals surface area contributed by atoms with Crippen LogP contribution in [-0.4, -0.2) is 40.9 Å². The predicted molar refractivity (Wildman–Crippen MR) is 137 cm³/mol. The zero-order valence-electron chi connectivity index (χ0n) is 20.7. The van der Waals surface area contributed by atoms with Crippen LogP contribution < -0.4 is 4.74 Å². The lowest BCUT2D eigenvalue weighted by Gasteiger charge is -2.26. The number of amides is 1. The number of fused-ring (bicyclic) bond motifs is 1. The molecule has 1 fully saturated rings. The highest BCUT2D eigenvalue weighted by atomic mass is 16.5. The number of aliphatic hydroxyl groups is 1. The lowest BCUT2D eigenvalue weighted by atomic mass is 9.93. The molecule has 0 radical (unpaired) electrons. The SMILES string of the molecule is CCOC(=O)c1ccc(CN2C(=O)C(=O)/C(=C(\O)c3ccc4c(c3)CCO4)C2c2cccc(C)c2)cc1. The van der Waals surface area contributed by atoms with Gasteiger partial charge in [0.25, 0.3) is 11.7 Å². The smallest absolute Gasteiger partial charge is 0.338 e. The fourth-order valence-corrected chi connectivity index (χ4v) is 4.88. The minimum absolute atomic E-state index is 0.0533. The molecule has 1 N–H and O–H groups in total. The summed E-state index contributed by atoms with van der Waals surface area (Å²) in [7, 11) is 0. The van der Waals surface area contributed by atoms with Gasteiger partial charge in [-0.3, -0.25) is 9.59 Å². The Morgan fingerprint density at radius 1 is 1.05 bits per heavy atom. The van der Waals surface area contributed by atoms with Gasteiger partial charge in [0.05, 0.1) is 30.4 Å². The molecule has 0 aromatic heterocycles. The van der Waals surface area contributed by atoms with Crippen molar-refractivity contribution in [2.45, 2.75) is 32.9 Å². The predicted octanol–water partition coefficient (Wildman–Crippen LogP) is 4.73. The second-order valence-electron chi connectivity index (χ2n) is 9.18. The van der Waals surface area contributed by atoms with E-state index >= 15 is 0 Å². The van der Waals surface area contributed by atoms with Crippen LogP contribution in [0.1, 0.15) is 51.1 Å². The molecule has 5 rings (SSSR count). The van der Waals surface area contributed by atoms with Crippen molar-refractivity contribution >= 4 is 23.4 Å². The van der Waals surface area contributed by atoms with Crippen LogP contribution in [0.3, 0.4) is 0 Å². The summed E-state index contributed by atoms with van der Waals surface area (Å²) in [5.41, 5.74) is 4.32. The number of aliphatic hydroxyl groups excluding tert-OH is 1. The maximum absolute atomic E-state index is 13.3. The average Bonchev–Trinajstić information content (AvgIpc) is 3.47. The van der Waals surface area contributed by atoms with E-state index in [1.807, 2.05) is 37.3 Å². The number of benzene rings is 3. The van der Waals surface area contributed by atoms with Crippen LogP contribution in [0.15, 0.2) is 72.3 Å². The van der Waals surface area contributed by atoms with Gasteiger partial charge in [0.2, 0.25) is 0 Å². The number of Topliss-reactive ketones (excluding diaryl/α,β-unsaturated/α-hetero) is 1. The summed E-state index contributed by atoms with van der Waals surface area (Å²) >= 11 is 0. The molecule has 7 heteroatoms. The summed E-state index contributed by atoms with van der Waals surface area (Å²) in [6.07, 6.45) is 0.716. The Kier molecular flexibility index (Phi) is 6.53. The first-order valence-corrected chi connectivity index (χ1v) is 12.2. The molecular formula is C30H27NO6. The Bertz CT molecular complexity index is 1420. The van der Waals surface area contributed by atoms with Gasteiger partial charge >= 0.3 is 5.97 Å². The number of ketones is 1. The van der Waals surface area contributed by atoms with Gasteiger partial charge < -0.3 is 19.5 Å². The van der Waals surface area contributed by atoms with Crippen LogP contribution in [0.4, 0.5) is 0 Å². The monoisotopic (exact) mass is 497 g/mol.